The third-order valence-corrected chi connectivity index (χ3v) is 4.41. The Balaban J connectivity index is 1.69. The summed E-state index contributed by atoms with van der Waals surface area (Å²) < 4.78 is 6.67. The van der Waals surface area contributed by atoms with Crippen molar-refractivity contribution in [2.75, 3.05) is 6.61 Å². The summed E-state index contributed by atoms with van der Waals surface area (Å²) in [6.07, 6.45) is 3.42. The molecular weight excluding hydrogens is 328 g/mol. The number of hydrogen-bond acceptors (Lipinski definition) is 2. The molecule has 1 aliphatic carbocycles. The van der Waals surface area contributed by atoms with Crippen molar-refractivity contribution >= 4 is 21.7 Å². The van der Waals surface area contributed by atoms with Gasteiger partial charge in [0.1, 0.15) is 5.75 Å². The standard InChI is InChI=1S/C18H17BrO2/c1-12-9-16(19)7-8-18(12)21-11-17(20)15-6-5-13-3-2-4-14(13)10-15/h5-10H,2-4,11H2,1H3. The fraction of sp³-hybridized carbons (Fsp3) is 0.278. The van der Waals surface area contributed by atoms with Crippen LogP contribution in [0, 0.1) is 6.92 Å². The Bertz CT molecular complexity index is 692. The van der Waals surface area contributed by atoms with E-state index in [-0.39, 0.29) is 12.4 Å². The number of hydrogen-bond donors (Lipinski definition) is 0. The smallest absolute Gasteiger partial charge is 0.200 e. The van der Waals surface area contributed by atoms with Gasteiger partial charge in [-0.15, -0.1) is 0 Å². The number of benzene rings is 2. The maximum Gasteiger partial charge on any atom is 0.200 e. The van der Waals surface area contributed by atoms with Crippen LogP contribution in [0.4, 0.5) is 0 Å². The molecule has 3 heteroatoms. The van der Waals surface area contributed by atoms with Gasteiger partial charge < -0.3 is 4.74 Å². The minimum Gasteiger partial charge on any atom is -0.485 e. The predicted molar refractivity (Wildman–Crippen MR) is 87.2 cm³/mol. The number of halogens is 1. The number of Topliss-reactive ketones (excluding diaryl/α,β-unsaturated/α-hetero) is 1. The topological polar surface area (TPSA) is 26.3 Å². The van der Waals surface area contributed by atoms with Gasteiger partial charge in [0.25, 0.3) is 0 Å². The average molecular weight is 345 g/mol. The van der Waals surface area contributed by atoms with E-state index in [0.717, 1.165) is 34.2 Å². The van der Waals surface area contributed by atoms with E-state index in [4.69, 9.17) is 4.74 Å². The molecule has 21 heavy (non-hydrogen) atoms. The number of carbonyl (C=O) groups is 1. The molecule has 0 unspecified atom stereocenters. The van der Waals surface area contributed by atoms with Gasteiger partial charge in [-0.25, -0.2) is 0 Å². The van der Waals surface area contributed by atoms with E-state index in [0.29, 0.717) is 0 Å². The zero-order valence-corrected chi connectivity index (χ0v) is 13.6. The van der Waals surface area contributed by atoms with Gasteiger partial charge in [0.2, 0.25) is 0 Å². The van der Waals surface area contributed by atoms with E-state index in [1.807, 2.05) is 37.3 Å². The van der Waals surface area contributed by atoms with Crippen molar-refractivity contribution in [3.05, 3.63) is 63.1 Å². The van der Waals surface area contributed by atoms with Crippen molar-refractivity contribution in [3.63, 3.8) is 0 Å². The number of carbonyl (C=O) groups excluding carboxylic acids is 1. The molecule has 0 heterocycles. The molecule has 0 radical (unpaired) electrons. The molecule has 0 spiro atoms. The second-order valence-corrected chi connectivity index (χ2v) is 6.37. The van der Waals surface area contributed by atoms with Gasteiger partial charge >= 0.3 is 0 Å². The minimum absolute atomic E-state index is 0.0343. The number of ether oxygens (including phenoxy) is 1. The maximum atomic E-state index is 12.3. The largest absolute Gasteiger partial charge is 0.485 e. The number of ketones is 1. The summed E-state index contributed by atoms with van der Waals surface area (Å²) in [6, 6.07) is 11.8. The summed E-state index contributed by atoms with van der Waals surface area (Å²) in [7, 11) is 0. The molecule has 0 N–H and O–H groups in total. The van der Waals surface area contributed by atoms with Crippen molar-refractivity contribution < 1.29 is 9.53 Å². The first-order valence-corrected chi connectivity index (χ1v) is 7.97. The summed E-state index contributed by atoms with van der Waals surface area (Å²) in [5.74, 6) is 0.791. The maximum absolute atomic E-state index is 12.3. The zero-order chi connectivity index (χ0) is 14.8. The SMILES string of the molecule is Cc1cc(Br)ccc1OCC(=O)c1ccc2c(c1)CCC2. The van der Waals surface area contributed by atoms with Crippen LogP contribution in [0.25, 0.3) is 0 Å². The fourth-order valence-electron chi connectivity index (χ4n) is 2.75. The molecule has 0 atom stereocenters. The lowest BCUT2D eigenvalue weighted by Gasteiger charge is -2.09. The lowest BCUT2D eigenvalue weighted by molar-refractivity contribution is 0.0921. The van der Waals surface area contributed by atoms with Crippen molar-refractivity contribution in [1.82, 2.24) is 0 Å². The van der Waals surface area contributed by atoms with Crippen LogP contribution < -0.4 is 4.74 Å². The molecule has 3 rings (SSSR count). The van der Waals surface area contributed by atoms with Gasteiger partial charge in [0.15, 0.2) is 12.4 Å². The van der Waals surface area contributed by atoms with E-state index < -0.39 is 0 Å². The van der Waals surface area contributed by atoms with Crippen molar-refractivity contribution in [2.24, 2.45) is 0 Å². The van der Waals surface area contributed by atoms with Crippen LogP contribution in [-0.2, 0) is 12.8 Å². The van der Waals surface area contributed by atoms with E-state index in [1.165, 1.54) is 17.5 Å². The van der Waals surface area contributed by atoms with Gasteiger partial charge in [0, 0.05) is 10.0 Å². The third kappa shape index (κ3) is 3.18. The Labute approximate surface area is 133 Å². The second-order valence-electron chi connectivity index (χ2n) is 5.46. The highest BCUT2D eigenvalue weighted by Crippen LogP contribution is 2.24. The highest BCUT2D eigenvalue weighted by atomic mass is 79.9. The second kappa shape index (κ2) is 6.02. The summed E-state index contributed by atoms with van der Waals surface area (Å²) >= 11 is 3.42. The predicted octanol–water partition coefficient (Wildman–Crippen LogP) is 4.51. The number of aryl methyl sites for hydroxylation is 3. The van der Waals surface area contributed by atoms with Crippen LogP contribution >= 0.6 is 15.9 Å². The highest BCUT2D eigenvalue weighted by molar-refractivity contribution is 9.10. The molecule has 0 bridgehead atoms. The first-order chi connectivity index (χ1) is 10.1. The van der Waals surface area contributed by atoms with Crippen LogP contribution in [0.15, 0.2) is 40.9 Å². The Morgan fingerprint density at radius 2 is 1.95 bits per heavy atom. The molecule has 0 amide bonds. The monoisotopic (exact) mass is 344 g/mol. The third-order valence-electron chi connectivity index (χ3n) is 3.92. The Kier molecular flexibility index (Phi) is 4.11. The van der Waals surface area contributed by atoms with Gasteiger partial charge in [-0.3, -0.25) is 4.79 Å². The molecular formula is C18H17BrO2. The molecule has 1 aliphatic rings. The van der Waals surface area contributed by atoms with Crippen LogP contribution in [-0.4, -0.2) is 12.4 Å². The molecule has 0 saturated heterocycles. The van der Waals surface area contributed by atoms with Crippen LogP contribution in [0.3, 0.4) is 0 Å². The van der Waals surface area contributed by atoms with Crippen molar-refractivity contribution in [3.8, 4) is 5.75 Å². The first kappa shape index (κ1) is 14.3. The average Bonchev–Trinajstić information content (AvgIpc) is 2.93. The quantitative estimate of drug-likeness (QED) is 0.763. The van der Waals surface area contributed by atoms with Gasteiger partial charge in [-0.2, -0.15) is 0 Å². The van der Waals surface area contributed by atoms with Gasteiger partial charge in [0.05, 0.1) is 0 Å². The minimum atomic E-state index is 0.0343. The molecule has 108 valence electrons. The first-order valence-electron chi connectivity index (χ1n) is 7.17. The normalized spacial score (nSPS) is 13.0. The summed E-state index contributed by atoms with van der Waals surface area (Å²) in [5.41, 5.74) is 4.48. The summed E-state index contributed by atoms with van der Waals surface area (Å²) in [5, 5.41) is 0. The zero-order valence-electron chi connectivity index (χ0n) is 12.0. The summed E-state index contributed by atoms with van der Waals surface area (Å²) in [6.45, 7) is 2.06. The lowest BCUT2D eigenvalue weighted by atomic mass is 10.0. The Hall–Kier alpha value is -1.61. The number of fused-ring (bicyclic) bond motifs is 1. The van der Waals surface area contributed by atoms with E-state index in [9.17, 15) is 4.79 Å². The van der Waals surface area contributed by atoms with Crippen LogP contribution in [0.2, 0.25) is 0 Å². The Morgan fingerprint density at radius 1 is 1.14 bits per heavy atom. The highest BCUT2D eigenvalue weighted by Gasteiger charge is 2.14. The van der Waals surface area contributed by atoms with Crippen LogP contribution in [0.5, 0.6) is 5.75 Å². The fourth-order valence-corrected chi connectivity index (χ4v) is 3.22. The molecule has 2 aromatic rings. The van der Waals surface area contributed by atoms with E-state index in [1.54, 1.807) is 0 Å². The molecule has 0 fully saturated rings. The molecule has 0 aromatic heterocycles. The van der Waals surface area contributed by atoms with E-state index in [2.05, 4.69) is 22.0 Å². The Morgan fingerprint density at radius 3 is 2.76 bits per heavy atom. The lowest BCUT2D eigenvalue weighted by Crippen LogP contribution is -2.12. The molecule has 2 aromatic carbocycles. The van der Waals surface area contributed by atoms with Gasteiger partial charge in [-0.05, 0) is 67.1 Å². The molecule has 2 nitrogen and oxygen atoms in total. The van der Waals surface area contributed by atoms with Crippen molar-refractivity contribution in [2.45, 2.75) is 26.2 Å². The molecule has 0 aliphatic heterocycles. The number of rotatable bonds is 4. The van der Waals surface area contributed by atoms with Crippen molar-refractivity contribution in [1.29, 1.82) is 0 Å². The van der Waals surface area contributed by atoms with E-state index >= 15 is 0 Å². The summed E-state index contributed by atoms with van der Waals surface area (Å²) in [4.78, 5) is 12.3. The molecule has 0 saturated carbocycles. The van der Waals surface area contributed by atoms with Gasteiger partial charge in [-0.1, -0.05) is 28.1 Å². The van der Waals surface area contributed by atoms with Crippen LogP contribution in [0.1, 0.15) is 33.5 Å².